The van der Waals surface area contributed by atoms with Crippen LogP contribution in [0, 0.1) is 6.92 Å². The SMILES string of the molecule is Cc1ccc2c(N)c(C(=O)N(C)CC(N)=O)sc2n1. The number of nitrogen functional groups attached to an aromatic ring is 1. The normalized spacial score (nSPS) is 10.6. The average molecular weight is 278 g/mol. The first-order chi connectivity index (χ1) is 8.90. The fourth-order valence-electron chi connectivity index (χ4n) is 1.73. The Bertz CT molecular complexity index is 665. The standard InChI is InChI=1S/C12H14N4O2S/c1-6-3-4-7-9(14)10(19-11(7)15-6)12(18)16(2)5-8(13)17/h3-4H,5,14H2,1-2H3,(H2,13,17). The summed E-state index contributed by atoms with van der Waals surface area (Å²) >= 11 is 1.22. The van der Waals surface area contributed by atoms with Gasteiger partial charge in [0, 0.05) is 18.1 Å². The number of aryl methyl sites for hydroxylation is 1. The molecule has 0 unspecified atom stereocenters. The summed E-state index contributed by atoms with van der Waals surface area (Å²) in [4.78, 5) is 29.7. The van der Waals surface area contributed by atoms with Crippen LogP contribution in [0.5, 0.6) is 0 Å². The van der Waals surface area contributed by atoms with Gasteiger partial charge in [-0.1, -0.05) is 0 Å². The molecule has 4 N–H and O–H groups in total. The summed E-state index contributed by atoms with van der Waals surface area (Å²) in [7, 11) is 1.51. The minimum atomic E-state index is -0.565. The summed E-state index contributed by atoms with van der Waals surface area (Å²) < 4.78 is 0. The number of nitrogens with two attached hydrogens (primary N) is 2. The van der Waals surface area contributed by atoms with Crippen molar-refractivity contribution in [2.24, 2.45) is 5.73 Å². The Balaban J connectivity index is 2.42. The first-order valence-electron chi connectivity index (χ1n) is 5.59. The lowest BCUT2D eigenvalue weighted by atomic mass is 10.2. The number of carbonyl (C=O) groups excluding carboxylic acids is 2. The maximum atomic E-state index is 12.2. The van der Waals surface area contributed by atoms with E-state index >= 15 is 0 Å². The third-order valence-corrected chi connectivity index (χ3v) is 3.77. The summed E-state index contributed by atoms with van der Waals surface area (Å²) in [6.07, 6.45) is 0. The van der Waals surface area contributed by atoms with E-state index in [-0.39, 0.29) is 12.5 Å². The lowest BCUT2D eigenvalue weighted by molar-refractivity contribution is -0.118. The highest BCUT2D eigenvalue weighted by Crippen LogP contribution is 2.33. The van der Waals surface area contributed by atoms with Crippen molar-refractivity contribution < 1.29 is 9.59 Å². The van der Waals surface area contributed by atoms with Crippen LogP contribution in [0.3, 0.4) is 0 Å². The molecule has 2 heterocycles. The third kappa shape index (κ3) is 2.50. The van der Waals surface area contributed by atoms with Gasteiger partial charge in [-0.25, -0.2) is 4.98 Å². The molecule has 6 nitrogen and oxygen atoms in total. The van der Waals surface area contributed by atoms with Crippen molar-refractivity contribution in [1.29, 1.82) is 0 Å². The molecule has 0 aliphatic rings. The number of thiophene rings is 1. The van der Waals surface area contributed by atoms with E-state index in [4.69, 9.17) is 11.5 Å². The molecule has 0 fully saturated rings. The Morgan fingerprint density at radius 2 is 2.11 bits per heavy atom. The average Bonchev–Trinajstić information content (AvgIpc) is 2.64. The van der Waals surface area contributed by atoms with E-state index in [1.807, 2.05) is 19.1 Å². The Kier molecular flexibility index (Phi) is 3.39. The van der Waals surface area contributed by atoms with Gasteiger partial charge in [0.25, 0.3) is 5.91 Å². The van der Waals surface area contributed by atoms with Crippen molar-refractivity contribution in [2.75, 3.05) is 19.3 Å². The molecule has 0 aromatic carbocycles. The first kappa shape index (κ1) is 13.3. The Morgan fingerprint density at radius 3 is 2.74 bits per heavy atom. The zero-order valence-electron chi connectivity index (χ0n) is 10.6. The van der Waals surface area contributed by atoms with Gasteiger partial charge >= 0.3 is 0 Å². The molecular formula is C12H14N4O2S. The van der Waals surface area contributed by atoms with Crippen LogP contribution in [0.15, 0.2) is 12.1 Å². The highest BCUT2D eigenvalue weighted by molar-refractivity contribution is 7.21. The second-order valence-electron chi connectivity index (χ2n) is 4.28. The number of aromatic nitrogens is 1. The molecule has 100 valence electrons. The summed E-state index contributed by atoms with van der Waals surface area (Å²) in [5, 5.41) is 0.756. The minimum absolute atomic E-state index is 0.140. The van der Waals surface area contributed by atoms with Crippen molar-refractivity contribution in [1.82, 2.24) is 9.88 Å². The molecule has 7 heteroatoms. The van der Waals surface area contributed by atoms with Crippen LogP contribution >= 0.6 is 11.3 Å². The Labute approximate surface area is 114 Å². The Morgan fingerprint density at radius 1 is 1.42 bits per heavy atom. The number of rotatable bonds is 3. The van der Waals surface area contributed by atoms with E-state index in [0.29, 0.717) is 15.4 Å². The van der Waals surface area contributed by atoms with Gasteiger partial charge in [-0.2, -0.15) is 0 Å². The minimum Gasteiger partial charge on any atom is -0.397 e. The smallest absolute Gasteiger partial charge is 0.266 e. The van der Waals surface area contributed by atoms with Crippen molar-refractivity contribution >= 4 is 39.1 Å². The molecule has 2 amide bonds. The number of likely N-dealkylation sites (N-methyl/N-ethyl adjacent to an activating group) is 1. The molecule has 0 aliphatic carbocycles. The number of fused-ring (bicyclic) bond motifs is 1. The number of nitrogens with zero attached hydrogens (tertiary/aromatic N) is 2. The van der Waals surface area contributed by atoms with Crippen LogP contribution in [0.4, 0.5) is 5.69 Å². The van der Waals surface area contributed by atoms with Crippen molar-refractivity contribution in [3.05, 3.63) is 22.7 Å². The summed E-state index contributed by atoms with van der Waals surface area (Å²) in [5.41, 5.74) is 12.3. The maximum Gasteiger partial charge on any atom is 0.266 e. The zero-order valence-corrected chi connectivity index (χ0v) is 11.5. The fraction of sp³-hybridized carbons (Fsp3) is 0.250. The summed E-state index contributed by atoms with van der Waals surface area (Å²) in [6, 6.07) is 3.68. The summed E-state index contributed by atoms with van der Waals surface area (Å²) in [6.45, 7) is 1.73. The summed E-state index contributed by atoms with van der Waals surface area (Å²) in [5.74, 6) is -0.888. The van der Waals surface area contributed by atoms with Crippen LogP contribution in [0.25, 0.3) is 10.2 Å². The maximum absolute atomic E-state index is 12.2. The molecule has 2 aromatic rings. The predicted octanol–water partition coefficient (Wildman–Crippen LogP) is 0.744. The highest BCUT2D eigenvalue weighted by Gasteiger charge is 2.21. The third-order valence-electron chi connectivity index (χ3n) is 2.67. The van der Waals surface area contributed by atoms with E-state index in [1.165, 1.54) is 23.3 Å². The molecule has 0 saturated carbocycles. The molecule has 2 rings (SSSR count). The van der Waals surface area contributed by atoms with Gasteiger partial charge in [0.2, 0.25) is 5.91 Å². The van der Waals surface area contributed by atoms with Crippen LogP contribution in [0.2, 0.25) is 0 Å². The van der Waals surface area contributed by atoms with Gasteiger partial charge in [-0.15, -0.1) is 11.3 Å². The second kappa shape index (κ2) is 4.85. The van der Waals surface area contributed by atoms with Crippen LogP contribution < -0.4 is 11.5 Å². The van der Waals surface area contributed by atoms with Crippen molar-refractivity contribution in [2.45, 2.75) is 6.92 Å². The van der Waals surface area contributed by atoms with Gasteiger partial charge < -0.3 is 16.4 Å². The largest absolute Gasteiger partial charge is 0.397 e. The molecule has 0 radical (unpaired) electrons. The molecule has 0 aliphatic heterocycles. The van der Waals surface area contributed by atoms with Crippen LogP contribution in [-0.2, 0) is 4.79 Å². The van der Waals surface area contributed by atoms with Crippen molar-refractivity contribution in [3.8, 4) is 0 Å². The zero-order chi connectivity index (χ0) is 14.2. The molecule has 2 aromatic heterocycles. The first-order valence-corrected chi connectivity index (χ1v) is 6.41. The second-order valence-corrected chi connectivity index (χ2v) is 5.28. The van der Waals surface area contributed by atoms with Gasteiger partial charge in [-0.05, 0) is 19.1 Å². The van der Waals surface area contributed by atoms with E-state index in [0.717, 1.165) is 11.1 Å². The van der Waals surface area contributed by atoms with E-state index < -0.39 is 5.91 Å². The van der Waals surface area contributed by atoms with Crippen molar-refractivity contribution in [3.63, 3.8) is 0 Å². The molecule has 0 bridgehead atoms. The highest BCUT2D eigenvalue weighted by atomic mass is 32.1. The van der Waals surface area contributed by atoms with Gasteiger partial charge in [0.15, 0.2) is 0 Å². The van der Waals surface area contributed by atoms with E-state index in [2.05, 4.69) is 4.98 Å². The van der Waals surface area contributed by atoms with Crippen LogP contribution in [0.1, 0.15) is 15.4 Å². The quantitative estimate of drug-likeness (QED) is 0.864. The molecular weight excluding hydrogens is 264 g/mol. The van der Waals surface area contributed by atoms with Crippen LogP contribution in [-0.4, -0.2) is 35.3 Å². The number of primary amides is 1. The molecule has 0 atom stereocenters. The van der Waals surface area contributed by atoms with Gasteiger partial charge in [0.1, 0.15) is 9.71 Å². The van der Waals surface area contributed by atoms with Gasteiger partial charge in [0.05, 0.1) is 12.2 Å². The molecule has 0 spiro atoms. The number of carbonyl (C=O) groups is 2. The lowest BCUT2D eigenvalue weighted by Crippen LogP contribution is -2.35. The van der Waals surface area contributed by atoms with E-state index in [9.17, 15) is 9.59 Å². The lowest BCUT2D eigenvalue weighted by Gasteiger charge is -2.13. The number of anilines is 1. The predicted molar refractivity (Wildman–Crippen MR) is 74.9 cm³/mol. The number of hydrogen-bond donors (Lipinski definition) is 2. The fourth-order valence-corrected chi connectivity index (χ4v) is 2.86. The topological polar surface area (TPSA) is 102 Å². The number of pyridine rings is 1. The number of hydrogen-bond acceptors (Lipinski definition) is 5. The monoisotopic (exact) mass is 278 g/mol. The molecule has 0 saturated heterocycles. The Hall–Kier alpha value is -2.15. The van der Waals surface area contributed by atoms with Gasteiger partial charge in [-0.3, -0.25) is 9.59 Å². The van der Waals surface area contributed by atoms with E-state index in [1.54, 1.807) is 0 Å². The number of amides is 2. The molecule has 19 heavy (non-hydrogen) atoms.